The van der Waals surface area contributed by atoms with Gasteiger partial charge in [0.1, 0.15) is 22.6 Å². The molecule has 0 aliphatic carbocycles. The molecule has 11 nitrogen and oxygen atoms in total. The van der Waals surface area contributed by atoms with Crippen LogP contribution < -0.4 is 15.4 Å². The topological polar surface area (TPSA) is 154 Å². The molecular formula is C26H18N4O7. The Labute approximate surface area is 209 Å². The maximum atomic E-state index is 12.5. The van der Waals surface area contributed by atoms with Crippen LogP contribution in [0, 0.1) is 20.2 Å². The molecule has 0 saturated heterocycles. The smallest absolute Gasteiger partial charge is 0.282 e. The molecule has 0 unspecified atom stereocenters. The number of hydrogen-bond donors (Lipinski definition) is 2. The van der Waals surface area contributed by atoms with Crippen LogP contribution in [0.25, 0.3) is 0 Å². The van der Waals surface area contributed by atoms with Gasteiger partial charge in [0.2, 0.25) is 0 Å². The van der Waals surface area contributed by atoms with E-state index in [2.05, 4.69) is 10.6 Å². The van der Waals surface area contributed by atoms with E-state index in [1.54, 1.807) is 60.7 Å². The molecule has 4 aromatic rings. The van der Waals surface area contributed by atoms with Crippen molar-refractivity contribution in [2.45, 2.75) is 0 Å². The highest BCUT2D eigenvalue weighted by Crippen LogP contribution is 2.26. The van der Waals surface area contributed by atoms with Gasteiger partial charge in [0.05, 0.1) is 9.85 Å². The van der Waals surface area contributed by atoms with Crippen molar-refractivity contribution in [3.63, 3.8) is 0 Å². The summed E-state index contributed by atoms with van der Waals surface area (Å²) in [4.78, 5) is 46.0. The van der Waals surface area contributed by atoms with Crippen LogP contribution in [-0.2, 0) is 0 Å². The van der Waals surface area contributed by atoms with Gasteiger partial charge in [-0.25, -0.2) is 0 Å². The molecule has 184 valence electrons. The Bertz CT molecular complexity index is 1370. The highest BCUT2D eigenvalue weighted by molar-refractivity contribution is 6.07. The lowest BCUT2D eigenvalue weighted by Crippen LogP contribution is -2.13. The first-order chi connectivity index (χ1) is 17.8. The van der Waals surface area contributed by atoms with Crippen LogP contribution in [0.15, 0.2) is 97.1 Å². The van der Waals surface area contributed by atoms with Crippen molar-refractivity contribution in [1.82, 2.24) is 0 Å². The average Bonchev–Trinajstić information content (AvgIpc) is 2.90. The highest BCUT2D eigenvalue weighted by atomic mass is 16.6. The number of carbonyl (C=O) groups is 2. The first-order valence-electron chi connectivity index (χ1n) is 10.8. The molecule has 0 fully saturated rings. The molecule has 11 heteroatoms. The lowest BCUT2D eigenvalue weighted by Gasteiger charge is -2.10. The van der Waals surface area contributed by atoms with E-state index in [4.69, 9.17) is 4.74 Å². The van der Waals surface area contributed by atoms with E-state index < -0.39 is 21.7 Å². The average molecular weight is 498 g/mol. The zero-order valence-electron chi connectivity index (χ0n) is 19.0. The van der Waals surface area contributed by atoms with E-state index in [1.165, 1.54) is 36.4 Å². The molecule has 4 aromatic carbocycles. The second-order valence-electron chi connectivity index (χ2n) is 7.61. The van der Waals surface area contributed by atoms with Crippen molar-refractivity contribution >= 4 is 34.6 Å². The number of ether oxygens (including phenoxy) is 1. The van der Waals surface area contributed by atoms with Gasteiger partial charge in [-0.1, -0.05) is 24.3 Å². The fourth-order valence-corrected chi connectivity index (χ4v) is 3.40. The Hall–Kier alpha value is -5.58. The van der Waals surface area contributed by atoms with E-state index in [1.807, 2.05) is 0 Å². The van der Waals surface area contributed by atoms with E-state index in [0.717, 1.165) is 0 Å². The number of carbonyl (C=O) groups excluding carboxylic acids is 2. The zero-order chi connectivity index (χ0) is 26.4. The summed E-state index contributed by atoms with van der Waals surface area (Å²) in [5.41, 5.74) is 0.152. The highest BCUT2D eigenvalue weighted by Gasteiger charge is 2.20. The molecule has 0 radical (unpaired) electrons. The number of rotatable bonds is 8. The summed E-state index contributed by atoms with van der Waals surface area (Å²) < 4.78 is 5.76. The Morgan fingerprint density at radius 2 is 0.919 bits per heavy atom. The van der Waals surface area contributed by atoms with Gasteiger partial charge in [-0.3, -0.25) is 29.8 Å². The number of para-hydroxylation sites is 2. The van der Waals surface area contributed by atoms with Crippen molar-refractivity contribution < 1.29 is 24.2 Å². The summed E-state index contributed by atoms with van der Waals surface area (Å²) in [5, 5.41) is 27.5. The minimum Gasteiger partial charge on any atom is -0.457 e. The summed E-state index contributed by atoms with van der Waals surface area (Å²) >= 11 is 0. The lowest BCUT2D eigenvalue weighted by molar-refractivity contribution is -0.385. The van der Waals surface area contributed by atoms with Crippen molar-refractivity contribution in [3.8, 4) is 11.5 Å². The summed E-state index contributed by atoms with van der Waals surface area (Å²) in [5.74, 6) is -0.306. The third-order valence-electron chi connectivity index (χ3n) is 5.15. The number of anilines is 2. The fraction of sp³-hybridized carbons (Fsp3) is 0. The molecule has 0 saturated carbocycles. The first kappa shape index (κ1) is 24.5. The van der Waals surface area contributed by atoms with Gasteiger partial charge < -0.3 is 15.4 Å². The lowest BCUT2D eigenvalue weighted by atomic mass is 10.1. The number of hydrogen-bond acceptors (Lipinski definition) is 7. The molecular weight excluding hydrogens is 480 g/mol. The van der Waals surface area contributed by atoms with Crippen molar-refractivity contribution in [1.29, 1.82) is 0 Å². The third-order valence-corrected chi connectivity index (χ3v) is 5.15. The van der Waals surface area contributed by atoms with E-state index >= 15 is 0 Å². The molecule has 4 rings (SSSR count). The van der Waals surface area contributed by atoms with E-state index in [0.29, 0.717) is 22.9 Å². The van der Waals surface area contributed by atoms with Crippen LogP contribution in [0.3, 0.4) is 0 Å². The summed E-state index contributed by atoms with van der Waals surface area (Å²) in [6, 6.07) is 24.1. The normalized spacial score (nSPS) is 10.3. The number of nitro groups is 2. The van der Waals surface area contributed by atoms with Gasteiger partial charge in [0.15, 0.2) is 0 Å². The Morgan fingerprint density at radius 3 is 1.27 bits per heavy atom. The van der Waals surface area contributed by atoms with Crippen LogP contribution in [-0.4, -0.2) is 21.7 Å². The number of amides is 2. The van der Waals surface area contributed by atoms with Crippen molar-refractivity contribution in [3.05, 3.63) is 128 Å². The summed E-state index contributed by atoms with van der Waals surface area (Å²) in [6.07, 6.45) is 0. The Morgan fingerprint density at radius 1 is 0.568 bits per heavy atom. The number of nitrogens with one attached hydrogen (secondary N) is 2. The second-order valence-corrected chi connectivity index (χ2v) is 7.61. The summed E-state index contributed by atoms with van der Waals surface area (Å²) in [6.45, 7) is 0. The van der Waals surface area contributed by atoms with Crippen LogP contribution in [0.1, 0.15) is 20.7 Å². The molecule has 0 heterocycles. The molecule has 2 amide bonds. The maximum absolute atomic E-state index is 12.5. The zero-order valence-corrected chi connectivity index (χ0v) is 19.0. The maximum Gasteiger partial charge on any atom is 0.282 e. The minimum absolute atomic E-state index is 0.0538. The third kappa shape index (κ3) is 5.92. The number of benzene rings is 4. The van der Waals surface area contributed by atoms with Crippen LogP contribution >= 0.6 is 0 Å². The standard InChI is InChI=1S/C26H18N4O7/c31-25(21-5-1-3-7-23(21)29(33)34)27-17-9-13-19(14-10-17)37-20-15-11-18(12-16-20)28-26(32)22-6-2-4-8-24(22)30(35)36/h1-16H,(H,27,31)(H,28,32). The second kappa shape index (κ2) is 10.8. The SMILES string of the molecule is O=C(Nc1ccc(Oc2ccc(NC(=O)c3ccccc3[N+](=O)[O-])cc2)cc1)c1ccccc1[N+](=O)[O-]. The Balaban J connectivity index is 1.37. The van der Waals surface area contributed by atoms with Gasteiger partial charge in [0, 0.05) is 23.5 Å². The molecule has 0 spiro atoms. The molecule has 2 N–H and O–H groups in total. The van der Waals surface area contributed by atoms with E-state index in [-0.39, 0.29) is 22.5 Å². The molecule has 0 bridgehead atoms. The molecule has 0 aliphatic rings. The molecule has 0 aliphatic heterocycles. The van der Waals surface area contributed by atoms with Crippen LogP contribution in [0.4, 0.5) is 22.7 Å². The largest absolute Gasteiger partial charge is 0.457 e. The first-order valence-corrected chi connectivity index (χ1v) is 10.8. The number of nitro benzene ring substituents is 2. The van der Waals surface area contributed by atoms with Crippen LogP contribution in [0.2, 0.25) is 0 Å². The predicted molar refractivity (Wildman–Crippen MR) is 135 cm³/mol. The molecule has 0 aromatic heterocycles. The van der Waals surface area contributed by atoms with Crippen LogP contribution in [0.5, 0.6) is 11.5 Å². The predicted octanol–water partition coefficient (Wildman–Crippen LogP) is 5.80. The van der Waals surface area contributed by atoms with Crippen molar-refractivity contribution in [2.75, 3.05) is 10.6 Å². The summed E-state index contributed by atoms with van der Waals surface area (Å²) in [7, 11) is 0. The van der Waals surface area contributed by atoms with Gasteiger partial charge in [-0.05, 0) is 60.7 Å². The van der Waals surface area contributed by atoms with Crippen molar-refractivity contribution in [2.24, 2.45) is 0 Å². The molecule has 37 heavy (non-hydrogen) atoms. The van der Waals surface area contributed by atoms with Gasteiger partial charge in [-0.2, -0.15) is 0 Å². The monoisotopic (exact) mass is 498 g/mol. The quantitative estimate of drug-likeness (QED) is 0.230. The Kier molecular flexibility index (Phi) is 7.15. The minimum atomic E-state index is -0.617. The number of nitrogens with zero attached hydrogens (tertiary/aromatic N) is 2. The van der Waals surface area contributed by atoms with Gasteiger partial charge >= 0.3 is 0 Å². The fourth-order valence-electron chi connectivity index (χ4n) is 3.40. The van der Waals surface area contributed by atoms with Gasteiger partial charge in [0.25, 0.3) is 23.2 Å². The van der Waals surface area contributed by atoms with E-state index in [9.17, 15) is 29.8 Å². The van der Waals surface area contributed by atoms with Gasteiger partial charge in [-0.15, -0.1) is 0 Å². The molecule has 0 atom stereocenters.